The van der Waals surface area contributed by atoms with Crippen molar-refractivity contribution in [1.82, 2.24) is 15.6 Å². The lowest BCUT2D eigenvalue weighted by Crippen LogP contribution is -2.44. The lowest BCUT2D eigenvalue weighted by Gasteiger charge is -2.32. The first-order valence-corrected chi connectivity index (χ1v) is 27.1. The van der Waals surface area contributed by atoms with Gasteiger partial charge in [-0.3, -0.25) is 14.6 Å². The van der Waals surface area contributed by atoms with Crippen LogP contribution in [0, 0.1) is 93.2 Å². The van der Waals surface area contributed by atoms with Crippen molar-refractivity contribution in [1.29, 1.82) is 15.8 Å². The third-order valence-corrected chi connectivity index (χ3v) is 15.1. The van der Waals surface area contributed by atoms with E-state index in [1.54, 1.807) is 24.5 Å². The number of nitriles is 3. The second kappa shape index (κ2) is 27.3. The van der Waals surface area contributed by atoms with E-state index in [0.29, 0.717) is 35.5 Å². The Morgan fingerprint density at radius 2 is 0.880 bits per heavy atom. The molecule has 0 spiro atoms. The predicted molar refractivity (Wildman–Crippen MR) is 314 cm³/mol. The number of aryl methyl sites for hydroxylation is 4. The zero-order chi connectivity index (χ0) is 66.7. The van der Waals surface area contributed by atoms with Crippen molar-refractivity contribution in [3.05, 3.63) is 239 Å². The van der Waals surface area contributed by atoms with Crippen LogP contribution in [0.15, 0.2) is 137 Å². The van der Waals surface area contributed by atoms with Crippen LogP contribution in [0.3, 0.4) is 0 Å². The highest BCUT2D eigenvalue weighted by atomic mass is 19.4. The minimum atomic E-state index is -5.14. The zero-order valence-corrected chi connectivity index (χ0v) is 48.5. The monoisotopic (exact) mass is 1260 g/mol. The quantitative estimate of drug-likeness (QED) is 0.0575. The van der Waals surface area contributed by atoms with Crippen molar-refractivity contribution < 1.29 is 62.3 Å². The lowest BCUT2D eigenvalue weighted by atomic mass is 9.74. The van der Waals surface area contributed by atoms with Crippen LogP contribution in [0.2, 0.25) is 0 Å². The van der Waals surface area contributed by atoms with Crippen molar-refractivity contribution in [2.45, 2.75) is 89.4 Å². The molecule has 1 saturated carbocycles. The molecule has 5 heterocycles. The van der Waals surface area contributed by atoms with Crippen molar-refractivity contribution in [3.63, 3.8) is 0 Å². The summed E-state index contributed by atoms with van der Waals surface area (Å²) in [7, 11) is 0. The summed E-state index contributed by atoms with van der Waals surface area (Å²) in [6.07, 6.45) is -16.2. The van der Waals surface area contributed by atoms with E-state index in [1.807, 2.05) is 88.4 Å². The van der Waals surface area contributed by atoms with Crippen molar-refractivity contribution >= 4 is 53.9 Å². The number of carbonyl (C=O) groups excluding carboxylic acids is 2. The van der Waals surface area contributed by atoms with Crippen molar-refractivity contribution in [3.8, 4) is 18.2 Å². The van der Waals surface area contributed by atoms with Gasteiger partial charge in [0.2, 0.25) is 0 Å². The van der Waals surface area contributed by atoms with Gasteiger partial charge in [0, 0.05) is 78.1 Å². The molecular weight excluding hydrogens is 1220 g/mol. The fraction of sp³-hybridized carbons (Fsp3) is 0.258. The molecule has 3 fully saturated rings. The fourth-order valence-electron chi connectivity index (χ4n) is 11.6. The summed E-state index contributed by atoms with van der Waals surface area (Å²) in [5.41, 5.74) is -2.39. The number of aliphatic imine (C=N–C) groups is 2. The molecule has 5 aliphatic rings. The first-order chi connectivity index (χ1) is 42.8. The molecule has 2 saturated heterocycles. The molecule has 6 unspecified atom stereocenters. The fourth-order valence-corrected chi connectivity index (χ4v) is 11.6. The van der Waals surface area contributed by atoms with Gasteiger partial charge in [-0.15, -0.1) is 0 Å². The number of nitrogens with zero attached hydrogens (tertiary/aromatic N) is 9. The van der Waals surface area contributed by atoms with Crippen LogP contribution < -0.4 is 10.6 Å². The number of allylic oxidation sites excluding steroid dienone is 4. The van der Waals surface area contributed by atoms with Crippen molar-refractivity contribution in [2.75, 3.05) is 6.54 Å². The first-order valence-electron chi connectivity index (χ1n) is 27.1. The summed E-state index contributed by atoms with van der Waals surface area (Å²) in [6, 6.07) is 24.7. The van der Waals surface area contributed by atoms with Gasteiger partial charge in [0.15, 0.2) is 11.6 Å². The second-order valence-corrected chi connectivity index (χ2v) is 21.5. The van der Waals surface area contributed by atoms with Crippen LogP contribution in [-0.2, 0) is 34.3 Å². The smallest absolute Gasteiger partial charge is 0.301 e. The van der Waals surface area contributed by atoms with E-state index >= 15 is 0 Å². The number of aromatic nitrogens is 1. The highest BCUT2D eigenvalue weighted by Gasteiger charge is 2.54. The van der Waals surface area contributed by atoms with Crippen LogP contribution in [0.4, 0.5) is 64.1 Å². The Morgan fingerprint density at radius 1 is 0.522 bits per heavy atom. The molecule has 463 valence electrons. The topological polar surface area (TPSA) is 180 Å². The molecule has 5 aromatic carbocycles. The Kier molecular flexibility index (Phi) is 20.5. The number of halogens is 12. The normalized spacial score (nSPS) is 20.3. The number of fused-ring (bicyclic) bond motifs is 4. The molecule has 13 nitrogen and oxygen atoms in total. The number of benzene rings is 5. The van der Waals surface area contributed by atoms with Gasteiger partial charge in [-0.05, 0) is 124 Å². The Labute approximate surface area is 520 Å². The summed E-state index contributed by atoms with van der Waals surface area (Å²) in [5.74, 6) is -1.48. The lowest BCUT2D eigenvalue weighted by molar-refractivity contribution is -0.144. The van der Waals surface area contributed by atoms with Crippen LogP contribution >= 0.6 is 0 Å². The van der Waals surface area contributed by atoms with Gasteiger partial charge in [0.1, 0.15) is 6.07 Å². The van der Waals surface area contributed by atoms with Crippen LogP contribution in [0.1, 0.15) is 103 Å². The molecular formula is C66H45BF12N11O2. The summed E-state index contributed by atoms with van der Waals surface area (Å²) in [4.78, 5) is 48.5. The maximum absolute atomic E-state index is 13.7. The van der Waals surface area contributed by atoms with Gasteiger partial charge >= 0.3 is 24.7 Å². The van der Waals surface area contributed by atoms with E-state index in [4.69, 9.17) is 25.0 Å². The van der Waals surface area contributed by atoms with Gasteiger partial charge < -0.3 is 15.5 Å². The van der Waals surface area contributed by atoms with Crippen LogP contribution in [0.25, 0.3) is 25.7 Å². The van der Waals surface area contributed by atoms with E-state index in [-0.39, 0.29) is 96.7 Å². The number of rotatable bonds is 4. The van der Waals surface area contributed by atoms with Gasteiger partial charge in [-0.2, -0.15) is 57.9 Å². The molecule has 4 aliphatic heterocycles. The SMILES string of the molecule is Cc1cc(C)cc(C2NC3CC4C(=O)C(c5cc(C(F)(F)F)cc(C(F)(F)F)c5)NC4CC3C2=O)c1.[B].[C-]#[N+]/C(C#N)=C1\C(c2cc(C)cc(C)c2)=Nc2cc3c(cc21)N=C(c1cc(C(F)(F)F)cc(C(F)(F)F)c1)/C3=C(\C#N)[N+]#[C-].[C-]#[N+]CC#N.c1ccncc1. The standard InChI is InChI=1S/C32H14F6N6.C26H24F6N2O2.C5H5N.C3H2N2.B/c1-15-5-16(2)7-17(6-15)29-27(25(13-39)41-3)21-11-24-22(12-23(21)43-29)28(26(14-40)42-4)30(44-24)18-8-19(31(33,34)35)10-20(9-18)32(36,37)38;1-11-3-12(2)5-13(4-11)21-23(35)17-9-20-18(10-19(17)33-21)24(36)22(34-20)14-6-15(25(27,28)29)8-16(7-14)26(30,31)32;1-2-4-6-5-3-1;1-5-3-2-4;/h5-12H,1-2H3;3-8,17-22,33-34H,9-10H2,1-2H3;1-5H;3H2;/b27-25-,28-26+;;;;. The Balaban J connectivity index is 0.000000224. The van der Waals surface area contributed by atoms with Crippen LogP contribution in [-0.4, -0.2) is 55.0 Å². The van der Waals surface area contributed by atoms with Crippen molar-refractivity contribution in [2.24, 2.45) is 21.8 Å². The number of pyridine rings is 1. The summed E-state index contributed by atoms with van der Waals surface area (Å²) < 4.78 is 162. The minimum absolute atomic E-state index is 0. The molecule has 92 heavy (non-hydrogen) atoms. The van der Waals surface area contributed by atoms with E-state index in [2.05, 4.69) is 40.1 Å². The third kappa shape index (κ3) is 14.9. The molecule has 2 N–H and O–H groups in total. The van der Waals surface area contributed by atoms with E-state index in [1.165, 1.54) is 12.1 Å². The molecule has 1 aromatic heterocycles. The van der Waals surface area contributed by atoms with E-state index in [0.717, 1.165) is 27.8 Å². The first kappa shape index (κ1) is 69.0. The maximum Gasteiger partial charge on any atom is 0.416 e. The molecule has 6 aromatic rings. The zero-order valence-electron chi connectivity index (χ0n) is 48.5. The Morgan fingerprint density at radius 3 is 1.18 bits per heavy atom. The number of alkyl halides is 12. The summed E-state index contributed by atoms with van der Waals surface area (Å²) in [6.45, 7) is 28.7. The number of ketones is 2. The highest BCUT2D eigenvalue weighted by Crippen LogP contribution is 2.50. The Bertz CT molecular complexity index is 4160. The molecule has 0 bridgehead atoms. The van der Waals surface area contributed by atoms with Gasteiger partial charge in [-0.1, -0.05) is 52.6 Å². The van der Waals surface area contributed by atoms with E-state index < -0.39 is 99.7 Å². The van der Waals surface area contributed by atoms with Gasteiger partial charge in [-0.25, -0.2) is 36.8 Å². The number of hydrogen-bond donors (Lipinski definition) is 2. The highest BCUT2D eigenvalue weighted by molar-refractivity contribution is 6.40. The summed E-state index contributed by atoms with van der Waals surface area (Å²) in [5, 5.41) is 33.4. The van der Waals surface area contributed by atoms with Gasteiger partial charge in [0.25, 0.3) is 17.9 Å². The van der Waals surface area contributed by atoms with Gasteiger partial charge in [0.05, 0.1) is 82.4 Å². The summed E-state index contributed by atoms with van der Waals surface area (Å²) >= 11 is 0. The average molecular weight is 1260 g/mol. The minimum Gasteiger partial charge on any atom is -0.301 e. The van der Waals surface area contributed by atoms with Crippen LogP contribution in [0.5, 0.6) is 0 Å². The molecule has 11 rings (SSSR count). The average Bonchev–Trinajstić information content (AvgIpc) is 1.58. The van der Waals surface area contributed by atoms with E-state index in [9.17, 15) is 72.8 Å². The molecule has 3 radical (unpaired) electrons. The largest absolute Gasteiger partial charge is 0.416 e. The third-order valence-electron chi connectivity index (χ3n) is 15.1. The molecule has 6 atom stereocenters. The molecule has 1 aliphatic carbocycles. The maximum atomic E-state index is 13.7. The second-order valence-electron chi connectivity index (χ2n) is 21.5. The molecule has 26 heteroatoms. The number of carbonyl (C=O) groups is 2. The number of nitrogens with one attached hydrogen (secondary N) is 2. The Hall–Kier alpha value is -10.5. The number of Topliss-reactive ketones (excluding diaryl/α,β-unsaturated/α-hetero) is 2. The molecule has 0 amide bonds. The number of hydrogen-bond acceptors (Lipinski definition) is 10. The predicted octanol–water partition coefficient (Wildman–Crippen LogP) is 15.3.